The number of aromatic nitrogens is 1. The summed E-state index contributed by atoms with van der Waals surface area (Å²) in [6.07, 6.45) is 4.71. The Bertz CT molecular complexity index is 412. The molecule has 5 nitrogen and oxygen atoms in total. The van der Waals surface area contributed by atoms with Crippen LogP contribution in [0.25, 0.3) is 6.08 Å². The second-order valence-corrected chi connectivity index (χ2v) is 3.01. The third kappa shape index (κ3) is 3.53. The summed E-state index contributed by atoms with van der Waals surface area (Å²) in [5, 5.41) is 2.41. The van der Waals surface area contributed by atoms with Crippen molar-refractivity contribution in [1.29, 1.82) is 0 Å². The molecule has 0 aliphatic rings. The Kier molecular flexibility index (Phi) is 4.20. The molecule has 0 aliphatic heterocycles. The molecule has 1 rings (SSSR count). The van der Waals surface area contributed by atoms with Crippen LogP contribution in [0.2, 0.25) is 0 Å². The van der Waals surface area contributed by atoms with Crippen LogP contribution in [0, 0.1) is 0 Å². The number of hydrogen-bond acceptors (Lipinski definition) is 4. The lowest BCUT2D eigenvalue weighted by molar-refractivity contribution is -0.137. The topological polar surface area (TPSA) is 68.3 Å². The predicted molar refractivity (Wildman–Crippen MR) is 58.0 cm³/mol. The van der Waals surface area contributed by atoms with Gasteiger partial charge in [0.2, 0.25) is 5.91 Å². The number of pyridine rings is 1. The van der Waals surface area contributed by atoms with E-state index in [1.165, 1.54) is 20.1 Å². The quantitative estimate of drug-likeness (QED) is 0.602. The minimum atomic E-state index is -0.591. The number of carbonyl (C=O) groups excluding carboxylic acids is 2. The van der Waals surface area contributed by atoms with Crippen LogP contribution in [-0.2, 0) is 14.3 Å². The van der Waals surface area contributed by atoms with Gasteiger partial charge in [-0.3, -0.25) is 9.78 Å². The van der Waals surface area contributed by atoms with E-state index in [2.05, 4.69) is 15.0 Å². The first-order chi connectivity index (χ1) is 7.63. The maximum atomic E-state index is 11.3. The molecule has 0 bridgehead atoms. The third-order valence-electron chi connectivity index (χ3n) is 1.73. The van der Waals surface area contributed by atoms with Crippen LogP contribution in [-0.4, -0.2) is 24.0 Å². The molecule has 0 atom stereocenters. The molecule has 0 aromatic carbocycles. The molecule has 1 aromatic rings. The number of methoxy groups -OCH3 is 1. The lowest BCUT2D eigenvalue weighted by Gasteiger charge is -2.05. The van der Waals surface area contributed by atoms with Crippen molar-refractivity contribution in [2.24, 2.45) is 0 Å². The zero-order chi connectivity index (χ0) is 12.0. The number of carbonyl (C=O) groups is 2. The molecule has 1 heterocycles. The Morgan fingerprint density at radius 2 is 2.00 bits per heavy atom. The van der Waals surface area contributed by atoms with E-state index < -0.39 is 5.97 Å². The number of nitrogens with one attached hydrogen (secondary N) is 1. The summed E-state index contributed by atoms with van der Waals surface area (Å²) < 4.78 is 4.55. The smallest absolute Gasteiger partial charge is 0.354 e. The second kappa shape index (κ2) is 5.65. The highest BCUT2D eigenvalue weighted by Crippen LogP contribution is 2.04. The van der Waals surface area contributed by atoms with Crippen LogP contribution in [0.5, 0.6) is 0 Å². The van der Waals surface area contributed by atoms with E-state index in [1.54, 1.807) is 24.5 Å². The molecule has 0 unspecified atom stereocenters. The van der Waals surface area contributed by atoms with Gasteiger partial charge in [-0.2, -0.15) is 0 Å². The zero-order valence-electron chi connectivity index (χ0n) is 9.06. The number of hydrogen-bond donors (Lipinski definition) is 1. The van der Waals surface area contributed by atoms with Crippen molar-refractivity contribution in [1.82, 2.24) is 10.3 Å². The molecule has 84 valence electrons. The second-order valence-electron chi connectivity index (χ2n) is 3.01. The Morgan fingerprint density at radius 3 is 2.50 bits per heavy atom. The Labute approximate surface area is 93.1 Å². The molecule has 0 spiro atoms. The molecular weight excluding hydrogens is 208 g/mol. The Balaban J connectivity index is 2.96. The van der Waals surface area contributed by atoms with Crippen molar-refractivity contribution >= 4 is 18.0 Å². The summed E-state index contributed by atoms with van der Waals surface area (Å²) >= 11 is 0. The maximum absolute atomic E-state index is 11.3. The van der Waals surface area contributed by atoms with Gasteiger partial charge < -0.3 is 10.1 Å². The molecule has 0 fully saturated rings. The fraction of sp³-hybridized carbons (Fsp3) is 0.182. The molecule has 0 aliphatic carbocycles. The van der Waals surface area contributed by atoms with Gasteiger partial charge in [-0.05, 0) is 23.8 Å². The number of ether oxygens (including phenoxy) is 1. The molecule has 1 aromatic heterocycles. The number of esters is 1. The zero-order valence-corrected chi connectivity index (χ0v) is 9.06. The van der Waals surface area contributed by atoms with Gasteiger partial charge in [0.15, 0.2) is 0 Å². The minimum Gasteiger partial charge on any atom is -0.464 e. The standard InChI is InChI=1S/C11H12N2O3/c1-8(14)13-10(11(15)16-2)7-9-3-5-12-6-4-9/h3-7H,1-2H3,(H,13,14). The van der Waals surface area contributed by atoms with E-state index in [1.807, 2.05) is 0 Å². The van der Waals surface area contributed by atoms with E-state index in [0.29, 0.717) is 0 Å². The molecule has 5 heteroatoms. The van der Waals surface area contributed by atoms with E-state index in [-0.39, 0.29) is 11.6 Å². The summed E-state index contributed by atoms with van der Waals surface area (Å²) in [7, 11) is 1.25. The van der Waals surface area contributed by atoms with E-state index in [4.69, 9.17) is 0 Å². The summed E-state index contributed by atoms with van der Waals surface area (Å²) in [5.74, 6) is -0.919. The third-order valence-corrected chi connectivity index (χ3v) is 1.73. The first-order valence-corrected chi connectivity index (χ1v) is 4.61. The SMILES string of the molecule is COC(=O)C(=Cc1ccncc1)NC(C)=O. The highest BCUT2D eigenvalue weighted by molar-refractivity contribution is 5.97. The highest BCUT2D eigenvalue weighted by Gasteiger charge is 2.10. The van der Waals surface area contributed by atoms with Gasteiger partial charge in [0, 0.05) is 19.3 Å². The minimum absolute atomic E-state index is 0.0983. The monoisotopic (exact) mass is 220 g/mol. The number of rotatable bonds is 3. The molecular formula is C11H12N2O3. The normalized spacial score (nSPS) is 10.8. The molecule has 0 saturated carbocycles. The highest BCUT2D eigenvalue weighted by atomic mass is 16.5. The van der Waals surface area contributed by atoms with Gasteiger partial charge in [-0.15, -0.1) is 0 Å². The average Bonchev–Trinajstić information content (AvgIpc) is 2.28. The van der Waals surface area contributed by atoms with E-state index >= 15 is 0 Å². The van der Waals surface area contributed by atoms with Crippen molar-refractivity contribution in [2.45, 2.75) is 6.92 Å². The van der Waals surface area contributed by atoms with Crippen LogP contribution in [0.3, 0.4) is 0 Å². The molecule has 1 amide bonds. The summed E-state index contributed by atoms with van der Waals surface area (Å²) in [5.41, 5.74) is 0.852. The van der Waals surface area contributed by atoms with Crippen LogP contribution in [0.15, 0.2) is 30.2 Å². The van der Waals surface area contributed by atoms with Crippen molar-refractivity contribution in [2.75, 3.05) is 7.11 Å². The van der Waals surface area contributed by atoms with Crippen molar-refractivity contribution in [3.05, 3.63) is 35.8 Å². The fourth-order valence-electron chi connectivity index (χ4n) is 1.07. The molecule has 1 N–H and O–H groups in total. The molecule has 16 heavy (non-hydrogen) atoms. The number of nitrogens with zero attached hydrogens (tertiary/aromatic N) is 1. The van der Waals surface area contributed by atoms with Gasteiger partial charge in [0.05, 0.1) is 7.11 Å². The lowest BCUT2D eigenvalue weighted by Crippen LogP contribution is -2.25. The Hall–Kier alpha value is -2.17. The molecule has 0 radical (unpaired) electrons. The van der Waals surface area contributed by atoms with Gasteiger partial charge in [-0.25, -0.2) is 4.79 Å². The van der Waals surface area contributed by atoms with Gasteiger partial charge >= 0.3 is 5.97 Å². The number of amides is 1. The maximum Gasteiger partial charge on any atom is 0.354 e. The fourth-order valence-corrected chi connectivity index (χ4v) is 1.07. The van der Waals surface area contributed by atoms with E-state index in [0.717, 1.165) is 5.56 Å². The van der Waals surface area contributed by atoms with Crippen molar-refractivity contribution in [3.63, 3.8) is 0 Å². The van der Waals surface area contributed by atoms with E-state index in [9.17, 15) is 9.59 Å². The average molecular weight is 220 g/mol. The van der Waals surface area contributed by atoms with Crippen LogP contribution in [0.4, 0.5) is 0 Å². The summed E-state index contributed by atoms with van der Waals surface area (Å²) in [6, 6.07) is 3.43. The van der Waals surface area contributed by atoms with Crippen molar-refractivity contribution in [3.8, 4) is 0 Å². The van der Waals surface area contributed by atoms with Crippen LogP contribution >= 0.6 is 0 Å². The summed E-state index contributed by atoms with van der Waals surface area (Å²) in [4.78, 5) is 26.1. The largest absolute Gasteiger partial charge is 0.464 e. The lowest BCUT2D eigenvalue weighted by atomic mass is 10.2. The predicted octanol–water partition coefficient (Wildman–Crippen LogP) is 0.732. The van der Waals surface area contributed by atoms with Crippen molar-refractivity contribution < 1.29 is 14.3 Å². The first kappa shape index (κ1) is 11.9. The Morgan fingerprint density at radius 1 is 1.38 bits per heavy atom. The summed E-state index contributed by atoms with van der Waals surface area (Å²) in [6.45, 7) is 1.32. The van der Waals surface area contributed by atoms with Gasteiger partial charge in [0.1, 0.15) is 5.70 Å². The van der Waals surface area contributed by atoms with Gasteiger partial charge in [-0.1, -0.05) is 0 Å². The van der Waals surface area contributed by atoms with Crippen LogP contribution < -0.4 is 5.32 Å². The van der Waals surface area contributed by atoms with Gasteiger partial charge in [0.25, 0.3) is 0 Å². The molecule has 0 saturated heterocycles. The van der Waals surface area contributed by atoms with Crippen LogP contribution in [0.1, 0.15) is 12.5 Å². The first-order valence-electron chi connectivity index (χ1n) is 4.61.